The van der Waals surface area contributed by atoms with Gasteiger partial charge in [-0.05, 0) is 43.4 Å². The Morgan fingerprint density at radius 1 is 1.00 bits per heavy atom. The van der Waals surface area contributed by atoms with E-state index in [1.54, 1.807) is 0 Å². The van der Waals surface area contributed by atoms with E-state index in [0.717, 1.165) is 30.6 Å². The highest BCUT2D eigenvalue weighted by molar-refractivity contribution is 4.90. The Labute approximate surface area is 62.4 Å². The summed E-state index contributed by atoms with van der Waals surface area (Å²) in [5.41, 5.74) is 0. The Morgan fingerprint density at radius 3 is 2.00 bits per heavy atom. The van der Waals surface area contributed by atoms with Crippen LogP contribution in [0.25, 0.3) is 0 Å². The first kappa shape index (κ1) is 6.66. The molecular weight excluding hydrogens is 124 g/mol. The van der Waals surface area contributed by atoms with Gasteiger partial charge in [0.1, 0.15) is 0 Å². The van der Waals surface area contributed by atoms with E-state index >= 15 is 0 Å². The van der Waals surface area contributed by atoms with Crippen LogP contribution >= 0.6 is 0 Å². The van der Waals surface area contributed by atoms with Gasteiger partial charge in [0.25, 0.3) is 0 Å². The molecule has 58 valence electrons. The largest absolute Gasteiger partial charge is 0.393 e. The van der Waals surface area contributed by atoms with Gasteiger partial charge in [0, 0.05) is 0 Å². The number of fused-ring (bicyclic) bond motifs is 1. The molecule has 0 unspecified atom stereocenters. The molecule has 0 spiro atoms. The van der Waals surface area contributed by atoms with E-state index in [1.165, 1.54) is 12.8 Å². The first-order valence-electron chi connectivity index (χ1n) is 4.43. The van der Waals surface area contributed by atoms with Gasteiger partial charge >= 0.3 is 0 Å². The van der Waals surface area contributed by atoms with Crippen molar-refractivity contribution in [2.75, 3.05) is 0 Å². The lowest BCUT2D eigenvalue weighted by atomic mass is 10.0. The van der Waals surface area contributed by atoms with Gasteiger partial charge in [-0.15, -0.1) is 0 Å². The molecule has 0 aromatic heterocycles. The van der Waals surface area contributed by atoms with E-state index in [4.69, 9.17) is 0 Å². The summed E-state index contributed by atoms with van der Waals surface area (Å²) in [5.74, 6) is 2.69. The van der Waals surface area contributed by atoms with Crippen LogP contribution in [-0.2, 0) is 0 Å². The van der Waals surface area contributed by atoms with Crippen molar-refractivity contribution in [3.63, 3.8) is 0 Å². The van der Waals surface area contributed by atoms with Crippen molar-refractivity contribution in [1.29, 1.82) is 0 Å². The lowest BCUT2D eigenvalue weighted by Crippen LogP contribution is -2.01. The third-order valence-electron chi connectivity index (χ3n) is 3.23. The van der Waals surface area contributed by atoms with E-state index in [-0.39, 0.29) is 6.10 Å². The molecule has 2 rings (SSSR count). The predicted octanol–water partition coefficient (Wildman–Crippen LogP) is 1.80. The number of hydrogen-bond donors (Lipinski definition) is 1. The van der Waals surface area contributed by atoms with E-state index in [1.807, 2.05) is 0 Å². The molecule has 0 bridgehead atoms. The second-order valence-corrected chi connectivity index (χ2v) is 4.22. The third-order valence-corrected chi connectivity index (χ3v) is 3.23. The predicted molar refractivity (Wildman–Crippen MR) is 40.6 cm³/mol. The normalized spacial score (nSPS) is 53.4. The SMILES string of the molecule is C[C@@H]1C[C@@H]2C[C@@H](O)C[C@@H]2C1. The minimum absolute atomic E-state index is 0.0440. The van der Waals surface area contributed by atoms with Crippen LogP contribution < -0.4 is 0 Å². The Balaban J connectivity index is 2.00. The summed E-state index contributed by atoms with van der Waals surface area (Å²) in [4.78, 5) is 0. The smallest absolute Gasteiger partial charge is 0.0545 e. The monoisotopic (exact) mass is 140 g/mol. The summed E-state index contributed by atoms with van der Waals surface area (Å²) in [6.45, 7) is 2.34. The average molecular weight is 140 g/mol. The fourth-order valence-electron chi connectivity index (χ4n) is 2.89. The number of rotatable bonds is 0. The second kappa shape index (κ2) is 2.23. The van der Waals surface area contributed by atoms with Gasteiger partial charge in [0.2, 0.25) is 0 Å². The number of aliphatic hydroxyl groups excluding tert-OH is 1. The Hall–Kier alpha value is -0.0400. The van der Waals surface area contributed by atoms with Crippen LogP contribution in [0.3, 0.4) is 0 Å². The summed E-state index contributed by atoms with van der Waals surface area (Å²) in [7, 11) is 0. The highest BCUT2D eigenvalue weighted by Crippen LogP contribution is 2.46. The molecule has 0 amide bonds. The Kier molecular flexibility index (Phi) is 1.48. The molecule has 1 heteroatoms. The fourth-order valence-corrected chi connectivity index (χ4v) is 2.89. The van der Waals surface area contributed by atoms with Crippen molar-refractivity contribution < 1.29 is 5.11 Å². The topological polar surface area (TPSA) is 20.2 Å². The van der Waals surface area contributed by atoms with Crippen molar-refractivity contribution >= 4 is 0 Å². The van der Waals surface area contributed by atoms with Gasteiger partial charge in [0.15, 0.2) is 0 Å². The van der Waals surface area contributed by atoms with Crippen LogP contribution in [0, 0.1) is 17.8 Å². The Bertz CT molecular complexity index is 105. The van der Waals surface area contributed by atoms with Gasteiger partial charge in [-0.25, -0.2) is 0 Å². The first-order chi connectivity index (χ1) is 4.75. The number of aliphatic hydroxyl groups is 1. The molecule has 2 saturated carbocycles. The molecule has 2 aliphatic rings. The standard InChI is InChI=1S/C9H16O/c1-6-2-7-4-9(10)5-8(7)3-6/h6-10H,2-5H2,1H3/t6-,7-,8+,9-. The number of hydrogen-bond acceptors (Lipinski definition) is 1. The summed E-state index contributed by atoms with van der Waals surface area (Å²) < 4.78 is 0. The molecule has 1 nitrogen and oxygen atoms in total. The quantitative estimate of drug-likeness (QED) is 0.544. The summed E-state index contributed by atoms with van der Waals surface area (Å²) in [5, 5.41) is 9.32. The van der Waals surface area contributed by atoms with Crippen LogP contribution in [0.1, 0.15) is 32.6 Å². The lowest BCUT2D eigenvalue weighted by molar-refractivity contribution is 0.169. The van der Waals surface area contributed by atoms with Crippen molar-refractivity contribution in [2.45, 2.75) is 38.7 Å². The molecule has 1 N–H and O–H groups in total. The van der Waals surface area contributed by atoms with Crippen molar-refractivity contribution in [3.8, 4) is 0 Å². The van der Waals surface area contributed by atoms with Crippen LogP contribution in [0.15, 0.2) is 0 Å². The molecule has 0 radical (unpaired) electrons. The van der Waals surface area contributed by atoms with E-state index in [9.17, 15) is 5.11 Å². The van der Waals surface area contributed by atoms with Crippen LogP contribution in [0.4, 0.5) is 0 Å². The first-order valence-corrected chi connectivity index (χ1v) is 4.43. The molecule has 0 aliphatic heterocycles. The lowest BCUT2D eigenvalue weighted by Gasteiger charge is -2.04. The van der Waals surface area contributed by atoms with Gasteiger partial charge in [-0.2, -0.15) is 0 Å². The van der Waals surface area contributed by atoms with Crippen molar-refractivity contribution in [3.05, 3.63) is 0 Å². The van der Waals surface area contributed by atoms with Crippen LogP contribution in [-0.4, -0.2) is 11.2 Å². The zero-order valence-corrected chi connectivity index (χ0v) is 6.59. The van der Waals surface area contributed by atoms with E-state index < -0.39 is 0 Å². The Morgan fingerprint density at radius 2 is 1.50 bits per heavy atom. The summed E-state index contributed by atoms with van der Waals surface area (Å²) in [6.07, 6.45) is 4.98. The van der Waals surface area contributed by atoms with E-state index in [2.05, 4.69) is 6.92 Å². The van der Waals surface area contributed by atoms with Gasteiger partial charge in [-0.1, -0.05) is 6.92 Å². The maximum Gasteiger partial charge on any atom is 0.0545 e. The molecule has 2 fully saturated rings. The maximum atomic E-state index is 9.32. The third kappa shape index (κ3) is 0.968. The molecule has 0 saturated heterocycles. The second-order valence-electron chi connectivity index (χ2n) is 4.22. The molecular formula is C9H16O. The highest BCUT2D eigenvalue weighted by atomic mass is 16.3. The molecule has 0 aromatic rings. The maximum absolute atomic E-state index is 9.32. The minimum Gasteiger partial charge on any atom is -0.393 e. The molecule has 4 atom stereocenters. The zero-order chi connectivity index (χ0) is 7.14. The van der Waals surface area contributed by atoms with Gasteiger partial charge in [0.05, 0.1) is 6.10 Å². The summed E-state index contributed by atoms with van der Waals surface area (Å²) >= 11 is 0. The average Bonchev–Trinajstić information content (AvgIpc) is 2.21. The molecule has 0 heterocycles. The minimum atomic E-state index is 0.0440. The van der Waals surface area contributed by atoms with Crippen LogP contribution in [0.5, 0.6) is 0 Å². The zero-order valence-electron chi connectivity index (χ0n) is 6.59. The van der Waals surface area contributed by atoms with Gasteiger partial charge < -0.3 is 5.11 Å². The molecule has 0 aromatic carbocycles. The molecule has 2 aliphatic carbocycles. The highest BCUT2D eigenvalue weighted by Gasteiger charge is 2.39. The summed E-state index contributed by atoms with van der Waals surface area (Å²) in [6, 6.07) is 0. The van der Waals surface area contributed by atoms with Crippen molar-refractivity contribution in [2.24, 2.45) is 17.8 Å². The molecule has 10 heavy (non-hydrogen) atoms. The fraction of sp³-hybridized carbons (Fsp3) is 1.00. The van der Waals surface area contributed by atoms with E-state index in [0.29, 0.717) is 0 Å². The van der Waals surface area contributed by atoms with Gasteiger partial charge in [-0.3, -0.25) is 0 Å². The van der Waals surface area contributed by atoms with Crippen LogP contribution in [0.2, 0.25) is 0 Å². The van der Waals surface area contributed by atoms with Crippen molar-refractivity contribution in [1.82, 2.24) is 0 Å².